The molecule has 2 N–H and O–H groups in total. The second-order valence-corrected chi connectivity index (χ2v) is 7.40. The van der Waals surface area contributed by atoms with Crippen molar-refractivity contribution in [2.24, 2.45) is 17.6 Å². The molecule has 2 saturated heterocycles. The lowest BCUT2D eigenvalue weighted by Gasteiger charge is -2.43. The molecule has 2 amide bonds. The van der Waals surface area contributed by atoms with Crippen molar-refractivity contribution < 1.29 is 14.3 Å². The molecule has 6 heteroatoms. The van der Waals surface area contributed by atoms with Gasteiger partial charge >= 0.3 is 0 Å². The number of carbonyl (C=O) groups is 2. The van der Waals surface area contributed by atoms with Crippen LogP contribution in [0.4, 0.5) is 0 Å². The van der Waals surface area contributed by atoms with Crippen molar-refractivity contribution in [1.82, 2.24) is 9.80 Å². The molecule has 2 fully saturated rings. The summed E-state index contributed by atoms with van der Waals surface area (Å²) >= 11 is 0. The first kappa shape index (κ1) is 18.2. The normalized spacial score (nSPS) is 28.8. The smallest absolute Gasteiger partial charge is 0.240 e. The van der Waals surface area contributed by atoms with Gasteiger partial charge in [0, 0.05) is 32.1 Å². The predicted octanol–water partition coefficient (Wildman–Crippen LogP) is 0.844. The first-order valence-corrected chi connectivity index (χ1v) is 8.77. The van der Waals surface area contributed by atoms with E-state index in [4.69, 9.17) is 10.5 Å². The summed E-state index contributed by atoms with van der Waals surface area (Å²) in [4.78, 5) is 28.5. The lowest BCUT2D eigenvalue weighted by Crippen LogP contribution is -2.58. The number of nitrogens with two attached hydrogens (primary N) is 1. The standard InChI is InChI=1S/C17H31N3O3/c1-11(2)15(20-9-12(3)23-13(4)10-20)17(22)19-7-5-14(6-8-19)16(18)21/h11-15H,5-10H2,1-4H3,(H2,18,21). The Hall–Kier alpha value is -1.14. The Morgan fingerprint density at radius 1 is 1.09 bits per heavy atom. The lowest BCUT2D eigenvalue weighted by atomic mass is 9.93. The summed E-state index contributed by atoms with van der Waals surface area (Å²) in [5, 5.41) is 0. The summed E-state index contributed by atoms with van der Waals surface area (Å²) in [6, 6.07) is -0.117. The van der Waals surface area contributed by atoms with Crippen molar-refractivity contribution >= 4 is 11.8 Å². The molecule has 0 aromatic rings. The molecular formula is C17H31N3O3. The van der Waals surface area contributed by atoms with E-state index >= 15 is 0 Å². The monoisotopic (exact) mass is 325 g/mol. The molecule has 0 spiro atoms. The summed E-state index contributed by atoms with van der Waals surface area (Å²) in [6.07, 6.45) is 1.66. The van der Waals surface area contributed by atoms with Crippen molar-refractivity contribution in [2.75, 3.05) is 26.2 Å². The Morgan fingerprint density at radius 3 is 2.04 bits per heavy atom. The van der Waals surface area contributed by atoms with Crippen LogP contribution in [0.1, 0.15) is 40.5 Å². The van der Waals surface area contributed by atoms with Gasteiger partial charge in [0.1, 0.15) is 0 Å². The Labute approximate surface area is 139 Å². The molecule has 0 aromatic heterocycles. The summed E-state index contributed by atoms with van der Waals surface area (Å²) in [6.45, 7) is 11.2. The van der Waals surface area contributed by atoms with Gasteiger partial charge in [-0.15, -0.1) is 0 Å². The molecule has 2 aliphatic heterocycles. The molecule has 23 heavy (non-hydrogen) atoms. The highest BCUT2D eigenvalue weighted by Crippen LogP contribution is 2.23. The van der Waals surface area contributed by atoms with Gasteiger partial charge in [-0.3, -0.25) is 14.5 Å². The lowest BCUT2D eigenvalue weighted by molar-refractivity contribution is -0.147. The van der Waals surface area contributed by atoms with Gasteiger partial charge in [-0.05, 0) is 32.6 Å². The van der Waals surface area contributed by atoms with E-state index in [9.17, 15) is 9.59 Å². The van der Waals surface area contributed by atoms with E-state index in [2.05, 4.69) is 32.6 Å². The highest BCUT2D eigenvalue weighted by Gasteiger charge is 2.37. The number of amides is 2. The first-order chi connectivity index (χ1) is 10.8. The van der Waals surface area contributed by atoms with E-state index < -0.39 is 0 Å². The van der Waals surface area contributed by atoms with Crippen LogP contribution in [0, 0.1) is 11.8 Å². The molecule has 0 aromatic carbocycles. The molecule has 132 valence electrons. The third-order valence-corrected chi connectivity index (χ3v) is 4.93. The maximum absolute atomic E-state index is 13.1. The Bertz CT molecular complexity index is 423. The third kappa shape index (κ3) is 4.44. The molecule has 0 radical (unpaired) electrons. The average molecular weight is 325 g/mol. The minimum absolute atomic E-state index is 0.0834. The zero-order valence-electron chi connectivity index (χ0n) is 14.8. The molecule has 3 atom stereocenters. The number of hydrogen-bond acceptors (Lipinski definition) is 4. The molecule has 6 nitrogen and oxygen atoms in total. The van der Waals surface area contributed by atoms with E-state index in [0.29, 0.717) is 25.9 Å². The minimum Gasteiger partial charge on any atom is -0.373 e. The number of carbonyl (C=O) groups excluding carboxylic acids is 2. The third-order valence-electron chi connectivity index (χ3n) is 4.93. The van der Waals surface area contributed by atoms with E-state index in [-0.39, 0.29) is 41.9 Å². The Balaban J connectivity index is 2.03. The van der Waals surface area contributed by atoms with Gasteiger partial charge in [-0.1, -0.05) is 13.8 Å². The number of ether oxygens (including phenoxy) is 1. The topological polar surface area (TPSA) is 75.9 Å². The summed E-state index contributed by atoms with van der Waals surface area (Å²) in [7, 11) is 0. The van der Waals surface area contributed by atoms with Crippen LogP contribution in [0.3, 0.4) is 0 Å². The maximum atomic E-state index is 13.1. The Kier molecular flexibility index (Phi) is 6.03. The maximum Gasteiger partial charge on any atom is 0.240 e. The number of rotatable bonds is 4. The highest BCUT2D eigenvalue weighted by atomic mass is 16.5. The van der Waals surface area contributed by atoms with Crippen LogP contribution < -0.4 is 5.73 Å². The summed E-state index contributed by atoms with van der Waals surface area (Å²) in [5.41, 5.74) is 5.38. The molecule has 0 bridgehead atoms. The molecule has 0 saturated carbocycles. The van der Waals surface area contributed by atoms with Gasteiger partial charge in [0.05, 0.1) is 18.2 Å². The van der Waals surface area contributed by atoms with Gasteiger partial charge in [-0.2, -0.15) is 0 Å². The van der Waals surface area contributed by atoms with Crippen LogP contribution >= 0.6 is 0 Å². The SMILES string of the molecule is CC1CN(C(C(=O)N2CCC(C(N)=O)CC2)C(C)C)CC(C)O1. The second kappa shape index (κ2) is 7.62. The van der Waals surface area contributed by atoms with E-state index in [0.717, 1.165) is 13.1 Å². The van der Waals surface area contributed by atoms with Crippen molar-refractivity contribution in [2.45, 2.75) is 58.8 Å². The van der Waals surface area contributed by atoms with Crippen LogP contribution in [-0.2, 0) is 14.3 Å². The molecule has 2 aliphatic rings. The molecular weight excluding hydrogens is 294 g/mol. The predicted molar refractivity (Wildman–Crippen MR) is 88.7 cm³/mol. The average Bonchev–Trinajstić information content (AvgIpc) is 2.46. The molecule has 2 rings (SSSR count). The minimum atomic E-state index is -0.242. The second-order valence-electron chi connectivity index (χ2n) is 7.40. The van der Waals surface area contributed by atoms with Gasteiger partial charge in [-0.25, -0.2) is 0 Å². The van der Waals surface area contributed by atoms with Crippen LogP contribution in [0.15, 0.2) is 0 Å². The largest absolute Gasteiger partial charge is 0.373 e. The van der Waals surface area contributed by atoms with Gasteiger partial charge in [0.2, 0.25) is 11.8 Å². The Morgan fingerprint density at radius 2 is 1.61 bits per heavy atom. The number of hydrogen-bond donors (Lipinski definition) is 1. The fourth-order valence-electron chi connectivity index (χ4n) is 3.88. The number of likely N-dealkylation sites (tertiary alicyclic amines) is 1. The van der Waals surface area contributed by atoms with Crippen LogP contribution in [-0.4, -0.2) is 66.0 Å². The number of primary amides is 1. The van der Waals surface area contributed by atoms with Crippen molar-refractivity contribution in [3.05, 3.63) is 0 Å². The number of piperidine rings is 1. The van der Waals surface area contributed by atoms with E-state index in [1.54, 1.807) is 0 Å². The first-order valence-electron chi connectivity index (χ1n) is 8.77. The summed E-state index contributed by atoms with van der Waals surface area (Å²) < 4.78 is 5.79. The fraction of sp³-hybridized carbons (Fsp3) is 0.882. The fourth-order valence-corrected chi connectivity index (χ4v) is 3.88. The van der Waals surface area contributed by atoms with Crippen LogP contribution in [0.25, 0.3) is 0 Å². The number of morpholine rings is 1. The molecule has 2 heterocycles. The number of nitrogens with zero attached hydrogens (tertiary/aromatic N) is 2. The zero-order valence-corrected chi connectivity index (χ0v) is 14.8. The highest BCUT2D eigenvalue weighted by molar-refractivity contribution is 5.83. The molecule has 3 unspecified atom stereocenters. The van der Waals surface area contributed by atoms with Crippen LogP contribution in [0.2, 0.25) is 0 Å². The van der Waals surface area contributed by atoms with Crippen molar-refractivity contribution in [3.8, 4) is 0 Å². The van der Waals surface area contributed by atoms with Gasteiger partial charge in [0.25, 0.3) is 0 Å². The van der Waals surface area contributed by atoms with E-state index in [1.165, 1.54) is 0 Å². The summed E-state index contributed by atoms with van der Waals surface area (Å²) in [5.74, 6) is 0.103. The van der Waals surface area contributed by atoms with Crippen molar-refractivity contribution in [1.29, 1.82) is 0 Å². The van der Waals surface area contributed by atoms with Gasteiger partial charge in [0.15, 0.2) is 0 Å². The van der Waals surface area contributed by atoms with Crippen molar-refractivity contribution in [3.63, 3.8) is 0 Å². The zero-order chi connectivity index (χ0) is 17.1. The van der Waals surface area contributed by atoms with Crippen LogP contribution in [0.5, 0.6) is 0 Å². The molecule has 0 aliphatic carbocycles. The quantitative estimate of drug-likeness (QED) is 0.831. The van der Waals surface area contributed by atoms with Gasteiger partial charge < -0.3 is 15.4 Å². The van der Waals surface area contributed by atoms with E-state index in [1.807, 2.05) is 4.90 Å².